The molecular weight excluding hydrogens is 206 g/mol. The molecule has 0 heterocycles. The molecule has 0 aromatic carbocycles. The van der Waals surface area contributed by atoms with Gasteiger partial charge in [0, 0.05) is 5.48 Å². The van der Waals surface area contributed by atoms with Crippen LogP contribution in [0.3, 0.4) is 0 Å². The van der Waals surface area contributed by atoms with Gasteiger partial charge in [0.25, 0.3) is 6.43 Å². The third-order valence-electron chi connectivity index (χ3n) is 1.27. The van der Waals surface area contributed by atoms with Crippen molar-refractivity contribution in [1.82, 2.24) is 0 Å². The summed E-state index contributed by atoms with van der Waals surface area (Å²) in [6.07, 6.45) is -7.96. The van der Waals surface area contributed by atoms with E-state index in [1.165, 1.54) is 0 Å². The second-order valence-corrected chi connectivity index (χ2v) is 2.14. The third kappa shape index (κ3) is 3.84. The lowest BCUT2D eigenvalue weighted by Gasteiger charge is -2.22. The van der Waals surface area contributed by atoms with Gasteiger partial charge in [-0.15, -0.1) is 12.4 Å². The fourth-order valence-corrected chi connectivity index (χ4v) is 0.443. The summed E-state index contributed by atoms with van der Waals surface area (Å²) in [5.74, 6) is -2.12. The number of rotatable bonds is 5. The molecule has 0 aromatic heterocycles. The lowest BCUT2D eigenvalue weighted by molar-refractivity contribution is -0.150. The molecular formula is C6H13ClF2N2O2. The molecule has 0 aliphatic carbocycles. The van der Waals surface area contributed by atoms with Gasteiger partial charge in [-0.2, -0.15) is 0 Å². The monoisotopic (exact) mass is 222 g/mol. The molecule has 0 aliphatic rings. The van der Waals surface area contributed by atoms with Gasteiger partial charge in [-0.1, -0.05) is 0 Å². The second kappa shape index (κ2) is 6.06. The fraction of sp³-hybridized carbons (Fsp3) is 0.833. The van der Waals surface area contributed by atoms with E-state index in [1.807, 2.05) is 0 Å². The third-order valence-corrected chi connectivity index (χ3v) is 1.27. The molecule has 4 nitrogen and oxygen atoms in total. The molecule has 0 aliphatic heterocycles. The van der Waals surface area contributed by atoms with E-state index < -0.39 is 37.2 Å². The first kappa shape index (κ1) is 7.90. The summed E-state index contributed by atoms with van der Waals surface area (Å²) in [4.78, 5) is 10.5. The normalized spacial score (nSPS) is 21.6. The van der Waals surface area contributed by atoms with Crippen molar-refractivity contribution in [3.63, 3.8) is 0 Å². The molecule has 0 spiro atoms. The van der Waals surface area contributed by atoms with E-state index in [0.717, 1.165) is 0 Å². The number of alkyl halides is 2. The topological polar surface area (TPSA) is 89.3 Å². The molecule has 0 fully saturated rings. The van der Waals surface area contributed by atoms with Gasteiger partial charge in [0.15, 0.2) is 5.54 Å². The van der Waals surface area contributed by atoms with E-state index >= 15 is 0 Å². The molecule has 0 saturated carbocycles. The van der Waals surface area contributed by atoms with E-state index in [2.05, 4.69) is 0 Å². The zero-order valence-corrected chi connectivity index (χ0v) is 7.28. The molecule has 0 aromatic rings. The first-order valence-electron chi connectivity index (χ1n) is 4.94. The predicted molar refractivity (Wildman–Crippen MR) is 46.1 cm³/mol. The Labute approximate surface area is 86.3 Å². The number of hydrogen-bond acceptors (Lipinski definition) is 3. The Morgan fingerprint density at radius 1 is 1.69 bits per heavy atom. The van der Waals surface area contributed by atoms with Crippen molar-refractivity contribution >= 4 is 18.4 Å². The van der Waals surface area contributed by atoms with Gasteiger partial charge in [0.1, 0.15) is 0 Å². The zero-order valence-electron chi connectivity index (χ0n) is 10.5. The molecule has 13 heavy (non-hydrogen) atoms. The fourth-order valence-electron chi connectivity index (χ4n) is 0.443. The lowest BCUT2D eigenvalue weighted by Crippen LogP contribution is -2.54. The summed E-state index contributed by atoms with van der Waals surface area (Å²) in [7, 11) is 0. The minimum Gasteiger partial charge on any atom is -0.480 e. The number of carbonyl (C=O) groups is 1. The second-order valence-electron chi connectivity index (χ2n) is 2.14. The van der Waals surface area contributed by atoms with Crippen LogP contribution in [0, 0.1) is 0 Å². The van der Waals surface area contributed by atoms with Gasteiger partial charge in [-0.3, -0.25) is 0 Å². The van der Waals surface area contributed by atoms with Crippen LogP contribution in [0.4, 0.5) is 8.78 Å². The molecule has 7 heteroatoms. The van der Waals surface area contributed by atoms with E-state index in [4.69, 9.17) is 22.1 Å². The first-order chi connectivity index (χ1) is 6.84. The highest BCUT2D eigenvalue weighted by atomic mass is 35.5. The van der Waals surface area contributed by atoms with Gasteiger partial charge in [-0.05, 0) is 19.3 Å². The van der Waals surface area contributed by atoms with Crippen molar-refractivity contribution in [2.45, 2.75) is 24.8 Å². The van der Waals surface area contributed by atoms with Gasteiger partial charge in [0.2, 0.25) is 0 Å². The molecule has 0 rings (SSSR count). The van der Waals surface area contributed by atoms with Crippen LogP contribution in [0.25, 0.3) is 0 Å². The smallest absolute Gasteiger partial charge is 0.329 e. The van der Waals surface area contributed by atoms with Crippen LogP contribution < -0.4 is 11.5 Å². The number of halogens is 3. The average Bonchev–Trinajstić information content (AvgIpc) is 2.00. The number of nitrogens with two attached hydrogens (primary N) is 2. The Hall–Kier alpha value is -0.460. The molecule has 0 bridgehead atoms. The number of carboxylic acids is 1. The number of hydrogen-bond donors (Lipinski definition) is 3. The quantitative estimate of drug-likeness (QED) is 0.620. The molecule has 0 saturated heterocycles. The standard InChI is InChI=1S/C6H12F2N2O2.ClH/c7-4(8)6(10,5(11)12)2-1-3-9;/h4H,1-3,9-10H2,(H,11,12);1H/i1D2,3D2;. The van der Waals surface area contributed by atoms with Crippen molar-refractivity contribution < 1.29 is 24.2 Å². The van der Waals surface area contributed by atoms with Crippen LogP contribution in [0.2, 0.25) is 0 Å². The Kier molecular flexibility index (Phi) is 3.68. The van der Waals surface area contributed by atoms with E-state index in [-0.39, 0.29) is 12.4 Å². The molecule has 1 atom stereocenters. The summed E-state index contributed by atoms with van der Waals surface area (Å²) < 4.78 is 52.8. The van der Waals surface area contributed by atoms with Gasteiger partial charge in [0.05, 0.1) is 0 Å². The number of carboxylic acid groups (broad SMARTS) is 1. The van der Waals surface area contributed by atoms with Crippen LogP contribution in [-0.2, 0) is 4.79 Å². The summed E-state index contributed by atoms with van der Waals surface area (Å²) in [6, 6.07) is 0. The Morgan fingerprint density at radius 2 is 2.15 bits per heavy atom. The zero-order chi connectivity index (χ0) is 13.4. The summed E-state index contributed by atoms with van der Waals surface area (Å²) in [5.41, 5.74) is 6.47. The minimum absolute atomic E-state index is 0. The average molecular weight is 223 g/mol. The number of aliphatic carboxylic acids is 1. The maximum Gasteiger partial charge on any atom is 0.329 e. The molecule has 0 amide bonds. The van der Waals surface area contributed by atoms with Gasteiger partial charge < -0.3 is 16.6 Å². The van der Waals surface area contributed by atoms with E-state index in [0.29, 0.717) is 0 Å². The Bertz CT molecular complexity index is 290. The highest BCUT2D eigenvalue weighted by Crippen LogP contribution is 2.18. The van der Waals surface area contributed by atoms with E-state index in [1.54, 1.807) is 0 Å². The Morgan fingerprint density at radius 3 is 2.38 bits per heavy atom. The summed E-state index contributed by atoms with van der Waals surface area (Å²) in [6.45, 7) is -2.97. The first-order valence-corrected chi connectivity index (χ1v) is 2.94. The molecule has 5 N–H and O–H groups in total. The largest absolute Gasteiger partial charge is 0.480 e. The maximum absolute atomic E-state index is 12.4. The Balaban J connectivity index is 0. The van der Waals surface area contributed by atoms with Crippen molar-refractivity contribution in [1.29, 1.82) is 0 Å². The molecule has 80 valence electrons. The van der Waals surface area contributed by atoms with Crippen molar-refractivity contribution in [2.75, 3.05) is 6.50 Å². The van der Waals surface area contributed by atoms with E-state index in [9.17, 15) is 13.6 Å². The van der Waals surface area contributed by atoms with Gasteiger partial charge >= 0.3 is 5.97 Å². The highest BCUT2D eigenvalue weighted by molar-refractivity contribution is 5.85. The van der Waals surface area contributed by atoms with Crippen LogP contribution in [-0.4, -0.2) is 29.5 Å². The van der Waals surface area contributed by atoms with Crippen molar-refractivity contribution in [3.8, 4) is 0 Å². The van der Waals surface area contributed by atoms with Crippen molar-refractivity contribution in [3.05, 3.63) is 0 Å². The van der Waals surface area contributed by atoms with Crippen LogP contribution >= 0.6 is 12.4 Å². The maximum atomic E-state index is 12.4. The molecule has 1 unspecified atom stereocenters. The van der Waals surface area contributed by atoms with Crippen LogP contribution in [0.1, 0.15) is 18.3 Å². The van der Waals surface area contributed by atoms with Crippen LogP contribution in [0.5, 0.6) is 0 Å². The summed E-state index contributed by atoms with van der Waals surface area (Å²) in [5, 5.41) is 8.50. The molecule has 0 radical (unpaired) electrons. The predicted octanol–water partition coefficient (Wildman–Crippen LogP) is 0.194. The van der Waals surface area contributed by atoms with Gasteiger partial charge in [-0.25, -0.2) is 13.6 Å². The lowest BCUT2D eigenvalue weighted by atomic mass is 9.95. The SMILES string of the molecule is Cl.[2H]C([2H])(N)C([2H])([2H])CC(N)(C(=O)O)C(F)F. The highest BCUT2D eigenvalue weighted by Gasteiger charge is 2.42. The van der Waals surface area contributed by atoms with Crippen LogP contribution in [0.15, 0.2) is 0 Å². The minimum atomic E-state index is -3.54. The summed E-state index contributed by atoms with van der Waals surface area (Å²) >= 11 is 0. The van der Waals surface area contributed by atoms with Crippen molar-refractivity contribution in [2.24, 2.45) is 11.5 Å².